The van der Waals surface area contributed by atoms with Crippen LogP contribution in [0.15, 0.2) is 36.5 Å². The quantitative estimate of drug-likeness (QED) is 0.528. The molecule has 0 amide bonds. The van der Waals surface area contributed by atoms with Gasteiger partial charge >= 0.3 is 0 Å². The van der Waals surface area contributed by atoms with Crippen molar-refractivity contribution in [2.24, 2.45) is 0 Å². The summed E-state index contributed by atoms with van der Waals surface area (Å²) in [6, 6.07) is 9.23. The predicted octanol–water partition coefficient (Wildman–Crippen LogP) is 2.32. The van der Waals surface area contributed by atoms with Gasteiger partial charge in [-0.05, 0) is 31.0 Å². The van der Waals surface area contributed by atoms with Gasteiger partial charge in [0, 0.05) is 57.6 Å². The second-order valence-corrected chi connectivity index (χ2v) is 7.88. The number of rotatable bonds is 6. The third kappa shape index (κ3) is 4.85. The van der Waals surface area contributed by atoms with Gasteiger partial charge < -0.3 is 14.5 Å². The molecule has 9 nitrogen and oxygen atoms in total. The molecule has 1 atom stereocenters. The summed E-state index contributed by atoms with van der Waals surface area (Å²) in [5.41, 5.74) is 1.12. The van der Waals surface area contributed by atoms with Gasteiger partial charge in [-0.3, -0.25) is 15.0 Å². The molecular formula is C21H28N6O3. The third-order valence-electron chi connectivity index (χ3n) is 5.84. The molecule has 3 heterocycles. The molecule has 30 heavy (non-hydrogen) atoms. The summed E-state index contributed by atoms with van der Waals surface area (Å²) in [6.07, 6.45) is 4.01. The van der Waals surface area contributed by atoms with Crippen molar-refractivity contribution in [1.82, 2.24) is 14.9 Å². The number of aromatic nitrogens is 2. The Morgan fingerprint density at radius 3 is 2.90 bits per heavy atom. The number of hydrogen-bond donors (Lipinski definition) is 0. The fourth-order valence-corrected chi connectivity index (χ4v) is 4.16. The second-order valence-electron chi connectivity index (χ2n) is 7.88. The van der Waals surface area contributed by atoms with Crippen LogP contribution in [0, 0.1) is 10.1 Å². The molecule has 4 rings (SSSR count). The summed E-state index contributed by atoms with van der Waals surface area (Å²) in [5, 5.41) is 11.0. The molecule has 2 aliphatic rings. The maximum atomic E-state index is 11.0. The van der Waals surface area contributed by atoms with Crippen molar-refractivity contribution in [2.75, 3.05) is 56.2 Å². The largest absolute Gasteiger partial charge is 0.378 e. The number of hydrogen-bond acceptors (Lipinski definition) is 8. The van der Waals surface area contributed by atoms with Crippen LogP contribution in [-0.4, -0.2) is 72.3 Å². The summed E-state index contributed by atoms with van der Waals surface area (Å²) in [5.74, 6) is 1.68. The number of nitro benzene ring substituents is 1. The van der Waals surface area contributed by atoms with E-state index in [-0.39, 0.29) is 10.6 Å². The van der Waals surface area contributed by atoms with Crippen LogP contribution in [0.25, 0.3) is 0 Å². The molecule has 2 fully saturated rings. The van der Waals surface area contributed by atoms with Crippen molar-refractivity contribution in [3.63, 3.8) is 0 Å². The number of benzene rings is 1. The first kappa shape index (κ1) is 20.5. The molecule has 9 heteroatoms. The highest BCUT2D eigenvalue weighted by Crippen LogP contribution is 2.23. The highest BCUT2D eigenvalue weighted by molar-refractivity contribution is 5.44. The van der Waals surface area contributed by atoms with Gasteiger partial charge in [-0.15, -0.1) is 0 Å². The number of nitrogens with zero attached hydrogens (tertiary/aromatic N) is 6. The van der Waals surface area contributed by atoms with Crippen molar-refractivity contribution in [1.29, 1.82) is 0 Å². The van der Waals surface area contributed by atoms with E-state index in [4.69, 9.17) is 9.72 Å². The average Bonchev–Trinajstić information content (AvgIpc) is 2.79. The highest BCUT2D eigenvalue weighted by Gasteiger charge is 2.25. The minimum Gasteiger partial charge on any atom is -0.378 e. The number of ether oxygens (including phenoxy) is 1. The van der Waals surface area contributed by atoms with Crippen LogP contribution in [0.2, 0.25) is 0 Å². The minimum absolute atomic E-state index is 0.148. The molecule has 0 bridgehead atoms. The van der Waals surface area contributed by atoms with Gasteiger partial charge in [-0.1, -0.05) is 12.1 Å². The fraction of sp³-hybridized carbons (Fsp3) is 0.524. The Morgan fingerprint density at radius 2 is 2.10 bits per heavy atom. The summed E-state index contributed by atoms with van der Waals surface area (Å²) >= 11 is 0. The molecule has 0 aliphatic carbocycles. The van der Waals surface area contributed by atoms with Crippen LogP contribution < -0.4 is 9.80 Å². The van der Waals surface area contributed by atoms with Crippen molar-refractivity contribution in [2.45, 2.75) is 25.4 Å². The molecule has 2 saturated heterocycles. The van der Waals surface area contributed by atoms with E-state index >= 15 is 0 Å². The lowest BCUT2D eigenvalue weighted by molar-refractivity contribution is -0.384. The minimum atomic E-state index is -0.336. The van der Waals surface area contributed by atoms with Gasteiger partial charge in [0.25, 0.3) is 5.69 Å². The number of non-ortho nitro benzene ring substituents is 1. The van der Waals surface area contributed by atoms with E-state index in [9.17, 15) is 10.1 Å². The Bertz CT molecular complexity index is 873. The fourth-order valence-electron chi connectivity index (χ4n) is 4.16. The number of likely N-dealkylation sites (N-methyl/N-ethyl adjacent to an activating group) is 1. The van der Waals surface area contributed by atoms with Crippen molar-refractivity contribution >= 4 is 17.5 Å². The zero-order chi connectivity index (χ0) is 20.9. The van der Waals surface area contributed by atoms with Gasteiger partial charge in [0.2, 0.25) is 5.95 Å². The monoisotopic (exact) mass is 412 g/mol. The molecule has 2 aliphatic heterocycles. The summed E-state index contributed by atoms with van der Waals surface area (Å²) in [6.45, 7) is 5.65. The lowest BCUT2D eigenvalue weighted by atomic mass is 10.0. The molecule has 0 radical (unpaired) electrons. The Balaban J connectivity index is 1.41. The Labute approximate surface area is 176 Å². The van der Waals surface area contributed by atoms with Crippen molar-refractivity contribution in [3.05, 3.63) is 52.2 Å². The maximum absolute atomic E-state index is 11.0. The van der Waals surface area contributed by atoms with Crippen LogP contribution in [0.3, 0.4) is 0 Å². The van der Waals surface area contributed by atoms with Crippen LogP contribution >= 0.6 is 0 Å². The van der Waals surface area contributed by atoms with E-state index < -0.39 is 0 Å². The number of nitro groups is 1. The topological polar surface area (TPSA) is 87.9 Å². The van der Waals surface area contributed by atoms with Crippen molar-refractivity contribution in [3.8, 4) is 0 Å². The van der Waals surface area contributed by atoms with Crippen molar-refractivity contribution < 1.29 is 9.66 Å². The van der Waals surface area contributed by atoms with Gasteiger partial charge in [-0.25, -0.2) is 4.98 Å². The van der Waals surface area contributed by atoms with E-state index in [1.54, 1.807) is 12.1 Å². The third-order valence-corrected chi connectivity index (χ3v) is 5.84. The molecule has 1 aromatic carbocycles. The van der Waals surface area contributed by atoms with E-state index in [2.05, 4.69) is 26.7 Å². The average molecular weight is 412 g/mol. The Morgan fingerprint density at radius 1 is 1.27 bits per heavy atom. The first-order chi connectivity index (χ1) is 14.6. The van der Waals surface area contributed by atoms with Crippen LogP contribution in [0.1, 0.15) is 18.4 Å². The maximum Gasteiger partial charge on any atom is 0.269 e. The first-order valence-corrected chi connectivity index (χ1v) is 10.4. The van der Waals surface area contributed by atoms with Crippen LogP contribution in [0.5, 0.6) is 0 Å². The van der Waals surface area contributed by atoms with E-state index in [1.807, 2.05) is 18.3 Å². The first-order valence-electron chi connectivity index (χ1n) is 10.4. The van der Waals surface area contributed by atoms with E-state index in [0.717, 1.165) is 62.9 Å². The SMILES string of the molecule is CN(c1ccnc(N2CCOCC2)n1)C1CCCN(Cc2cccc([N+](=O)[O-])c2)C1. The zero-order valence-electron chi connectivity index (χ0n) is 17.3. The second kappa shape index (κ2) is 9.36. The van der Waals surface area contributed by atoms with E-state index in [0.29, 0.717) is 19.3 Å². The zero-order valence-corrected chi connectivity index (χ0v) is 17.3. The molecule has 2 aromatic rings. The number of piperidine rings is 1. The van der Waals surface area contributed by atoms with Crippen LogP contribution in [-0.2, 0) is 11.3 Å². The Hall–Kier alpha value is -2.78. The molecule has 1 aromatic heterocycles. The number of morpholine rings is 1. The van der Waals surface area contributed by atoms with Gasteiger partial charge in [0.1, 0.15) is 5.82 Å². The number of anilines is 2. The molecule has 160 valence electrons. The molecule has 1 unspecified atom stereocenters. The van der Waals surface area contributed by atoms with Gasteiger partial charge in [0.15, 0.2) is 0 Å². The van der Waals surface area contributed by atoms with Gasteiger partial charge in [-0.2, -0.15) is 4.98 Å². The lowest BCUT2D eigenvalue weighted by Gasteiger charge is -2.38. The molecule has 0 N–H and O–H groups in total. The Kier molecular flexibility index (Phi) is 6.39. The molecule has 0 saturated carbocycles. The summed E-state index contributed by atoms with van der Waals surface area (Å²) in [4.78, 5) is 26.7. The van der Waals surface area contributed by atoms with E-state index in [1.165, 1.54) is 6.07 Å². The molecule has 0 spiro atoms. The highest BCUT2D eigenvalue weighted by atomic mass is 16.6. The lowest BCUT2D eigenvalue weighted by Crippen LogP contribution is -2.46. The standard InChI is InChI=1S/C21H28N6O3/c1-24(20-7-8-22-21(23-20)26-10-12-30-13-11-26)19-6-3-9-25(16-19)15-17-4-2-5-18(14-17)27(28)29/h2,4-5,7-8,14,19H,3,6,9-13,15-16H2,1H3. The predicted molar refractivity (Wildman–Crippen MR) is 115 cm³/mol. The summed E-state index contributed by atoms with van der Waals surface area (Å²) < 4.78 is 5.42. The smallest absolute Gasteiger partial charge is 0.269 e. The summed E-state index contributed by atoms with van der Waals surface area (Å²) in [7, 11) is 2.09. The molecular weight excluding hydrogens is 384 g/mol. The van der Waals surface area contributed by atoms with Crippen LogP contribution in [0.4, 0.5) is 17.5 Å². The normalized spacial score (nSPS) is 20.2. The number of likely N-dealkylation sites (tertiary alicyclic amines) is 1. The van der Waals surface area contributed by atoms with Gasteiger partial charge in [0.05, 0.1) is 18.1 Å².